The molecule has 3 heteroatoms. The van der Waals surface area contributed by atoms with Gasteiger partial charge in [-0.2, -0.15) is 0 Å². The van der Waals surface area contributed by atoms with E-state index in [1.165, 1.54) is 16.7 Å². The Labute approximate surface area is 107 Å². The summed E-state index contributed by atoms with van der Waals surface area (Å²) in [6.07, 6.45) is 1.87. The SMILES string of the molecule is Cc1ccc(C)c(-c2ccnc(C3CNC3)n2)c1. The van der Waals surface area contributed by atoms with Crippen molar-refractivity contribution in [3.8, 4) is 11.3 Å². The molecule has 1 aliphatic heterocycles. The summed E-state index contributed by atoms with van der Waals surface area (Å²) in [6, 6.07) is 8.48. The Hall–Kier alpha value is -1.74. The van der Waals surface area contributed by atoms with Crippen molar-refractivity contribution < 1.29 is 0 Å². The third-order valence-electron chi connectivity index (χ3n) is 3.49. The molecule has 1 aromatic carbocycles. The van der Waals surface area contributed by atoms with Crippen LogP contribution in [0.5, 0.6) is 0 Å². The molecule has 0 amide bonds. The monoisotopic (exact) mass is 239 g/mol. The predicted molar refractivity (Wildman–Crippen MR) is 72.6 cm³/mol. The zero-order valence-corrected chi connectivity index (χ0v) is 10.8. The molecule has 2 heterocycles. The first kappa shape index (κ1) is 11.4. The van der Waals surface area contributed by atoms with Crippen LogP contribution in [0.3, 0.4) is 0 Å². The van der Waals surface area contributed by atoms with Gasteiger partial charge in [0, 0.05) is 30.8 Å². The third kappa shape index (κ3) is 2.02. The Kier molecular flexibility index (Phi) is 2.84. The molecular weight excluding hydrogens is 222 g/mol. The standard InChI is InChI=1S/C15H17N3/c1-10-3-4-11(2)13(7-10)14-5-6-17-15(18-14)12-8-16-9-12/h3-7,12,16H,8-9H2,1-2H3. The van der Waals surface area contributed by atoms with Gasteiger partial charge in [0.2, 0.25) is 0 Å². The van der Waals surface area contributed by atoms with Crippen LogP contribution in [0.1, 0.15) is 22.9 Å². The van der Waals surface area contributed by atoms with Crippen molar-refractivity contribution >= 4 is 0 Å². The Morgan fingerprint density at radius 1 is 1.17 bits per heavy atom. The minimum absolute atomic E-state index is 0.482. The summed E-state index contributed by atoms with van der Waals surface area (Å²) >= 11 is 0. The number of hydrogen-bond acceptors (Lipinski definition) is 3. The van der Waals surface area contributed by atoms with E-state index in [4.69, 9.17) is 4.98 Å². The van der Waals surface area contributed by atoms with Crippen LogP contribution in [0, 0.1) is 13.8 Å². The third-order valence-corrected chi connectivity index (χ3v) is 3.49. The molecule has 3 rings (SSSR count). The summed E-state index contributed by atoms with van der Waals surface area (Å²) in [7, 11) is 0. The number of benzene rings is 1. The summed E-state index contributed by atoms with van der Waals surface area (Å²) in [6.45, 7) is 6.23. The molecule has 1 aliphatic rings. The lowest BCUT2D eigenvalue weighted by Crippen LogP contribution is -2.40. The minimum Gasteiger partial charge on any atom is -0.315 e. The fourth-order valence-corrected chi connectivity index (χ4v) is 2.20. The van der Waals surface area contributed by atoms with E-state index in [9.17, 15) is 0 Å². The summed E-state index contributed by atoms with van der Waals surface area (Å²) in [5, 5.41) is 3.26. The van der Waals surface area contributed by atoms with Crippen LogP contribution in [0.25, 0.3) is 11.3 Å². The summed E-state index contributed by atoms with van der Waals surface area (Å²) in [5.74, 6) is 1.45. The number of hydrogen-bond donors (Lipinski definition) is 1. The van der Waals surface area contributed by atoms with E-state index >= 15 is 0 Å². The van der Waals surface area contributed by atoms with E-state index in [-0.39, 0.29) is 0 Å². The Morgan fingerprint density at radius 2 is 2.00 bits per heavy atom. The molecule has 3 nitrogen and oxygen atoms in total. The molecule has 0 unspecified atom stereocenters. The second-order valence-electron chi connectivity index (χ2n) is 4.97. The lowest BCUT2D eigenvalue weighted by molar-refractivity contribution is 0.430. The van der Waals surface area contributed by atoms with Crippen LogP contribution >= 0.6 is 0 Å². The zero-order chi connectivity index (χ0) is 12.5. The highest BCUT2D eigenvalue weighted by Crippen LogP contribution is 2.24. The smallest absolute Gasteiger partial charge is 0.134 e. The number of aromatic nitrogens is 2. The minimum atomic E-state index is 0.482. The summed E-state index contributed by atoms with van der Waals surface area (Å²) < 4.78 is 0. The van der Waals surface area contributed by atoms with Crippen molar-refractivity contribution in [1.82, 2.24) is 15.3 Å². The van der Waals surface area contributed by atoms with Gasteiger partial charge in [0.1, 0.15) is 5.82 Å². The molecule has 1 N–H and O–H groups in total. The average Bonchev–Trinajstić information content (AvgIpc) is 2.30. The normalized spacial score (nSPS) is 15.4. The van der Waals surface area contributed by atoms with Crippen molar-refractivity contribution in [2.45, 2.75) is 19.8 Å². The van der Waals surface area contributed by atoms with Gasteiger partial charge < -0.3 is 5.32 Å². The molecule has 1 saturated heterocycles. The molecule has 0 saturated carbocycles. The van der Waals surface area contributed by atoms with Gasteiger partial charge in [0.25, 0.3) is 0 Å². The average molecular weight is 239 g/mol. The molecule has 0 aliphatic carbocycles. The van der Waals surface area contributed by atoms with Crippen molar-refractivity contribution in [2.75, 3.05) is 13.1 Å². The summed E-state index contributed by atoms with van der Waals surface area (Å²) in [4.78, 5) is 9.10. The molecule has 0 atom stereocenters. The fourth-order valence-electron chi connectivity index (χ4n) is 2.20. The van der Waals surface area contributed by atoms with E-state index < -0.39 is 0 Å². The topological polar surface area (TPSA) is 37.8 Å². The van der Waals surface area contributed by atoms with Crippen molar-refractivity contribution in [3.63, 3.8) is 0 Å². The van der Waals surface area contributed by atoms with Gasteiger partial charge in [0.05, 0.1) is 5.69 Å². The van der Waals surface area contributed by atoms with Gasteiger partial charge in [-0.25, -0.2) is 9.97 Å². The van der Waals surface area contributed by atoms with Crippen molar-refractivity contribution in [3.05, 3.63) is 47.4 Å². The highest BCUT2D eigenvalue weighted by molar-refractivity contribution is 5.64. The van der Waals surface area contributed by atoms with Gasteiger partial charge >= 0.3 is 0 Å². The first-order valence-corrected chi connectivity index (χ1v) is 6.35. The maximum absolute atomic E-state index is 4.72. The Balaban J connectivity index is 2.02. The first-order valence-electron chi connectivity index (χ1n) is 6.35. The molecule has 0 bridgehead atoms. The largest absolute Gasteiger partial charge is 0.315 e. The van der Waals surface area contributed by atoms with E-state index in [1.807, 2.05) is 12.3 Å². The molecule has 18 heavy (non-hydrogen) atoms. The molecule has 1 fully saturated rings. The lowest BCUT2D eigenvalue weighted by Gasteiger charge is -2.25. The highest BCUT2D eigenvalue weighted by atomic mass is 15.0. The lowest BCUT2D eigenvalue weighted by atomic mass is 10.0. The molecular formula is C15H17N3. The molecule has 2 aromatic rings. The van der Waals surface area contributed by atoms with Crippen molar-refractivity contribution in [2.24, 2.45) is 0 Å². The summed E-state index contributed by atoms with van der Waals surface area (Å²) in [5.41, 5.74) is 4.78. The molecule has 0 radical (unpaired) electrons. The number of rotatable bonds is 2. The van der Waals surface area contributed by atoms with Crippen LogP contribution in [0.15, 0.2) is 30.5 Å². The van der Waals surface area contributed by atoms with Crippen molar-refractivity contribution in [1.29, 1.82) is 0 Å². The van der Waals surface area contributed by atoms with E-state index in [1.54, 1.807) is 0 Å². The van der Waals surface area contributed by atoms with Crippen LogP contribution in [0.4, 0.5) is 0 Å². The zero-order valence-electron chi connectivity index (χ0n) is 10.8. The van der Waals surface area contributed by atoms with E-state index in [2.05, 4.69) is 42.3 Å². The quantitative estimate of drug-likeness (QED) is 0.874. The number of nitrogens with one attached hydrogen (secondary N) is 1. The molecule has 1 aromatic heterocycles. The van der Waals surface area contributed by atoms with Crippen LogP contribution in [-0.4, -0.2) is 23.1 Å². The second kappa shape index (κ2) is 4.50. The maximum Gasteiger partial charge on any atom is 0.134 e. The van der Waals surface area contributed by atoms with Gasteiger partial charge in [0.15, 0.2) is 0 Å². The van der Waals surface area contributed by atoms with Crippen LogP contribution in [-0.2, 0) is 0 Å². The molecule has 92 valence electrons. The highest BCUT2D eigenvalue weighted by Gasteiger charge is 2.21. The van der Waals surface area contributed by atoms with Crippen LogP contribution < -0.4 is 5.32 Å². The van der Waals surface area contributed by atoms with Gasteiger partial charge in [-0.3, -0.25) is 0 Å². The van der Waals surface area contributed by atoms with Gasteiger partial charge in [-0.05, 0) is 31.5 Å². The van der Waals surface area contributed by atoms with Crippen LogP contribution in [0.2, 0.25) is 0 Å². The van der Waals surface area contributed by atoms with E-state index in [0.29, 0.717) is 5.92 Å². The second-order valence-corrected chi connectivity index (χ2v) is 4.97. The maximum atomic E-state index is 4.72. The fraction of sp³-hybridized carbons (Fsp3) is 0.333. The van der Waals surface area contributed by atoms with Gasteiger partial charge in [-0.15, -0.1) is 0 Å². The first-order chi connectivity index (χ1) is 8.74. The predicted octanol–water partition coefficient (Wildman–Crippen LogP) is 2.45. The number of aryl methyl sites for hydroxylation is 2. The van der Waals surface area contributed by atoms with E-state index in [0.717, 1.165) is 24.6 Å². The molecule has 0 spiro atoms. The Morgan fingerprint density at radius 3 is 2.72 bits per heavy atom. The number of nitrogens with zero attached hydrogens (tertiary/aromatic N) is 2. The van der Waals surface area contributed by atoms with Gasteiger partial charge in [-0.1, -0.05) is 17.7 Å². The Bertz CT molecular complexity index is 574.